The average Bonchev–Trinajstić information content (AvgIpc) is 2.29. The fourth-order valence-corrected chi connectivity index (χ4v) is 1.13. The van der Waals surface area contributed by atoms with Gasteiger partial charge in [-0.25, -0.2) is 0 Å². The molecule has 0 spiro atoms. The molecule has 0 unspecified atom stereocenters. The molecule has 0 aliphatic heterocycles. The Morgan fingerprint density at radius 2 is 1.25 bits per heavy atom. The van der Waals surface area contributed by atoms with E-state index in [2.05, 4.69) is 13.2 Å². The predicted molar refractivity (Wildman–Crippen MR) is 63.3 cm³/mol. The molecule has 0 saturated carbocycles. The SMILES string of the molecule is C=CCOCC[C@@H](O)[C@@H](O)CCOCC=C. The Kier molecular flexibility index (Phi) is 10.4. The molecule has 94 valence electrons. The van der Waals surface area contributed by atoms with Gasteiger partial charge in [0.1, 0.15) is 0 Å². The van der Waals surface area contributed by atoms with E-state index in [-0.39, 0.29) is 0 Å². The minimum atomic E-state index is -0.767. The van der Waals surface area contributed by atoms with Gasteiger partial charge in [0.15, 0.2) is 0 Å². The van der Waals surface area contributed by atoms with E-state index in [0.29, 0.717) is 39.3 Å². The van der Waals surface area contributed by atoms with Gasteiger partial charge < -0.3 is 19.7 Å². The Balaban J connectivity index is 3.44. The van der Waals surface area contributed by atoms with E-state index >= 15 is 0 Å². The van der Waals surface area contributed by atoms with Crippen LogP contribution in [0.1, 0.15) is 12.8 Å². The summed E-state index contributed by atoms with van der Waals surface area (Å²) >= 11 is 0. The van der Waals surface area contributed by atoms with Crippen molar-refractivity contribution in [1.82, 2.24) is 0 Å². The molecule has 0 aliphatic rings. The van der Waals surface area contributed by atoms with Crippen LogP contribution in [0.5, 0.6) is 0 Å². The van der Waals surface area contributed by atoms with E-state index < -0.39 is 12.2 Å². The topological polar surface area (TPSA) is 58.9 Å². The second-order valence-corrected chi connectivity index (χ2v) is 3.44. The smallest absolute Gasteiger partial charge is 0.0821 e. The summed E-state index contributed by atoms with van der Waals surface area (Å²) in [4.78, 5) is 0. The van der Waals surface area contributed by atoms with Crippen molar-refractivity contribution in [2.45, 2.75) is 25.0 Å². The van der Waals surface area contributed by atoms with Gasteiger partial charge in [-0.2, -0.15) is 0 Å². The van der Waals surface area contributed by atoms with E-state index in [9.17, 15) is 10.2 Å². The van der Waals surface area contributed by atoms with Crippen LogP contribution in [0.25, 0.3) is 0 Å². The van der Waals surface area contributed by atoms with Gasteiger partial charge in [-0.1, -0.05) is 12.2 Å². The minimum Gasteiger partial charge on any atom is -0.390 e. The van der Waals surface area contributed by atoms with Crippen LogP contribution in [0.15, 0.2) is 25.3 Å². The fourth-order valence-electron chi connectivity index (χ4n) is 1.13. The molecule has 0 aromatic carbocycles. The van der Waals surface area contributed by atoms with Crippen LogP contribution in [0.4, 0.5) is 0 Å². The Hall–Kier alpha value is -0.680. The summed E-state index contributed by atoms with van der Waals surface area (Å²) in [5.41, 5.74) is 0. The van der Waals surface area contributed by atoms with Crippen molar-refractivity contribution in [1.29, 1.82) is 0 Å². The molecule has 0 fully saturated rings. The zero-order valence-corrected chi connectivity index (χ0v) is 9.68. The van der Waals surface area contributed by atoms with Crippen LogP contribution in [0, 0.1) is 0 Å². The number of hydrogen-bond donors (Lipinski definition) is 2. The van der Waals surface area contributed by atoms with Crippen LogP contribution in [0.2, 0.25) is 0 Å². The molecule has 0 rings (SSSR count). The summed E-state index contributed by atoms with van der Waals surface area (Å²) in [6.45, 7) is 8.77. The third-order valence-electron chi connectivity index (χ3n) is 2.03. The quantitative estimate of drug-likeness (QED) is 0.409. The summed E-state index contributed by atoms with van der Waals surface area (Å²) in [6.07, 6.45) is 2.58. The third kappa shape index (κ3) is 8.61. The summed E-state index contributed by atoms with van der Waals surface area (Å²) in [7, 11) is 0. The lowest BCUT2D eigenvalue weighted by Gasteiger charge is -2.17. The Morgan fingerprint density at radius 3 is 1.56 bits per heavy atom. The van der Waals surface area contributed by atoms with Crippen molar-refractivity contribution in [3.05, 3.63) is 25.3 Å². The normalized spacial score (nSPS) is 14.4. The maximum Gasteiger partial charge on any atom is 0.0821 e. The molecule has 0 amide bonds. The lowest BCUT2D eigenvalue weighted by Crippen LogP contribution is -2.28. The Labute approximate surface area is 97.2 Å². The molecule has 4 heteroatoms. The fraction of sp³-hybridized carbons (Fsp3) is 0.667. The van der Waals surface area contributed by atoms with Gasteiger partial charge in [-0.15, -0.1) is 13.2 Å². The van der Waals surface area contributed by atoms with Gasteiger partial charge in [0.25, 0.3) is 0 Å². The average molecular weight is 230 g/mol. The summed E-state index contributed by atoms with van der Waals surface area (Å²) in [6, 6.07) is 0. The summed E-state index contributed by atoms with van der Waals surface area (Å²) < 4.78 is 10.2. The third-order valence-corrected chi connectivity index (χ3v) is 2.03. The number of ether oxygens (including phenoxy) is 2. The first-order chi connectivity index (χ1) is 7.72. The van der Waals surface area contributed by atoms with Crippen molar-refractivity contribution in [3.8, 4) is 0 Å². The molecule has 2 atom stereocenters. The van der Waals surface area contributed by atoms with E-state index in [0.717, 1.165) is 0 Å². The summed E-state index contributed by atoms with van der Waals surface area (Å²) in [5.74, 6) is 0. The number of aliphatic hydroxyl groups is 2. The molecule has 0 saturated heterocycles. The molecule has 0 aromatic rings. The van der Waals surface area contributed by atoms with Gasteiger partial charge in [-0.05, 0) is 12.8 Å². The molecule has 16 heavy (non-hydrogen) atoms. The van der Waals surface area contributed by atoms with Crippen LogP contribution in [-0.2, 0) is 9.47 Å². The number of hydrogen-bond acceptors (Lipinski definition) is 4. The zero-order chi connectivity index (χ0) is 12.2. The lowest BCUT2D eigenvalue weighted by atomic mass is 10.1. The van der Waals surface area contributed by atoms with E-state index in [1.807, 2.05) is 0 Å². The monoisotopic (exact) mass is 230 g/mol. The van der Waals surface area contributed by atoms with E-state index in [4.69, 9.17) is 9.47 Å². The van der Waals surface area contributed by atoms with Crippen LogP contribution < -0.4 is 0 Å². The number of rotatable bonds is 11. The molecule has 0 radical (unpaired) electrons. The van der Waals surface area contributed by atoms with Crippen molar-refractivity contribution in [3.63, 3.8) is 0 Å². The van der Waals surface area contributed by atoms with Crippen molar-refractivity contribution in [2.24, 2.45) is 0 Å². The van der Waals surface area contributed by atoms with E-state index in [1.165, 1.54) is 0 Å². The Bertz CT molecular complexity index is 162. The minimum absolute atomic E-state index is 0.413. The Morgan fingerprint density at radius 1 is 0.875 bits per heavy atom. The van der Waals surface area contributed by atoms with Crippen molar-refractivity contribution >= 4 is 0 Å². The maximum absolute atomic E-state index is 9.54. The first-order valence-corrected chi connectivity index (χ1v) is 5.45. The number of aliphatic hydroxyl groups excluding tert-OH is 2. The first-order valence-electron chi connectivity index (χ1n) is 5.45. The highest BCUT2D eigenvalue weighted by Gasteiger charge is 2.15. The van der Waals surface area contributed by atoms with Crippen LogP contribution in [-0.4, -0.2) is 48.8 Å². The highest BCUT2D eigenvalue weighted by molar-refractivity contribution is 4.69. The van der Waals surface area contributed by atoms with Gasteiger partial charge in [-0.3, -0.25) is 0 Å². The lowest BCUT2D eigenvalue weighted by molar-refractivity contribution is -0.0179. The van der Waals surface area contributed by atoms with E-state index in [1.54, 1.807) is 12.2 Å². The summed E-state index contributed by atoms with van der Waals surface area (Å²) in [5, 5.41) is 19.1. The van der Waals surface area contributed by atoms with Gasteiger partial charge in [0.05, 0.1) is 25.4 Å². The largest absolute Gasteiger partial charge is 0.390 e. The predicted octanol–water partition coefficient (Wildman–Crippen LogP) is 0.894. The molecule has 0 aromatic heterocycles. The second kappa shape index (κ2) is 10.8. The first kappa shape index (κ1) is 15.3. The molecule has 2 N–H and O–H groups in total. The van der Waals surface area contributed by atoms with Gasteiger partial charge in [0.2, 0.25) is 0 Å². The van der Waals surface area contributed by atoms with Crippen molar-refractivity contribution < 1.29 is 19.7 Å². The molecule has 0 bridgehead atoms. The second-order valence-electron chi connectivity index (χ2n) is 3.44. The standard InChI is InChI=1S/C12H22O4/c1-3-7-15-9-5-11(13)12(14)6-10-16-8-4-2/h3-4,11-14H,1-2,5-10H2/t11-,12+. The highest BCUT2D eigenvalue weighted by Crippen LogP contribution is 2.04. The molecular weight excluding hydrogens is 208 g/mol. The molecule has 4 nitrogen and oxygen atoms in total. The van der Waals surface area contributed by atoms with Gasteiger partial charge >= 0.3 is 0 Å². The highest BCUT2D eigenvalue weighted by atomic mass is 16.5. The molecule has 0 heterocycles. The van der Waals surface area contributed by atoms with Gasteiger partial charge in [0, 0.05) is 13.2 Å². The zero-order valence-electron chi connectivity index (χ0n) is 9.68. The molecular formula is C12H22O4. The maximum atomic E-state index is 9.54. The van der Waals surface area contributed by atoms with Crippen molar-refractivity contribution in [2.75, 3.05) is 26.4 Å². The van der Waals surface area contributed by atoms with Crippen LogP contribution >= 0.6 is 0 Å². The molecule has 0 aliphatic carbocycles. The van der Waals surface area contributed by atoms with Crippen LogP contribution in [0.3, 0.4) is 0 Å².